The first kappa shape index (κ1) is 13.9. The molecule has 94 valence electrons. The third kappa shape index (κ3) is 6.22. The summed E-state index contributed by atoms with van der Waals surface area (Å²) in [6.07, 6.45) is 3.67. The molecule has 0 saturated heterocycles. The number of hydrogen-bond donors (Lipinski definition) is 0. The molecule has 1 aromatic carbocycles. The minimum atomic E-state index is 0.109. The number of carbonyl (C=O) groups is 1. The van der Waals surface area contributed by atoms with Crippen molar-refractivity contribution in [3.8, 4) is 0 Å². The summed E-state index contributed by atoms with van der Waals surface area (Å²) in [7, 11) is 0. The fraction of sp³-hybridized carbons (Fsp3) is 0.533. The van der Waals surface area contributed by atoms with Crippen molar-refractivity contribution in [1.29, 1.82) is 0 Å². The van der Waals surface area contributed by atoms with Crippen LogP contribution in [0.3, 0.4) is 0 Å². The van der Waals surface area contributed by atoms with E-state index in [1.54, 1.807) is 0 Å². The van der Waals surface area contributed by atoms with Crippen LogP contribution in [0.1, 0.15) is 38.7 Å². The molecule has 0 aliphatic heterocycles. The lowest BCUT2D eigenvalue weighted by atomic mass is 9.85. The van der Waals surface area contributed by atoms with E-state index in [4.69, 9.17) is 4.74 Å². The van der Waals surface area contributed by atoms with Crippen molar-refractivity contribution in [1.82, 2.24) is 0 Å². The quantitative estimate of drug-likeness (QED) is 0.507. The van der Waals surface area contributed by atoms with Gasteiger partial charge in [0, 0.05) is 13.0 Å². The van der Waals surface area contributed by atoms with Crippen LogP contribution in [-0.4, -0.2) is 12.9 Å². The van der Waals surface area contributed by atoms with Gasteiger partial charge in [0.15, 0.2) is 0 Å². The fourth-order valence-corrected chi connectivity index (χ4v) is 1.74. The minimum Gasteiger partial charge on any atom is -0.377 e. The predicted octanol–water partition coefficient (Wildman–Crippen LogP) is 3.60. The summed E-state index contributed by atoms with van der Waals surface area (Å²) in [5, 5.41) is 0. The molecule has 1 rings (SSSR count). The fourth-order valence-electron chi connectivity index (χ4n) is 1.74. The zero-order valence-electron chi connectivity index (χ0n) is 10.8. The van der Waals surface area contributed by atoms with Crippen molar-refractivity contribution in [2.45, 2.75) is 39.7 Å². The van der Waals surface area contributed by atoms with Crippen molar-refractivity contribution in [2.75, 3.05) is 6.61 Å². The van der Waals surface area contributed by atoms with E-state index in [2.05, 4.69) is 26.0 Å². The summed E-state index contributed by atoms with van der Waals surface area (Å²) < 4.78 is 5.60. The zero-order valence-corrected chi connectivity index (χ0v) is 10.8. The molecule has 0 amide bonds. The van der Waals surface area contributed by atoms with Crippen LogP contribution in [0.4, 0.5) is 0 Å². The maximum absolute atomic E-state index is 10.5. The van der Waals surface area contributed by atoms with Crippen LogP contribution < -0.4 is 0 Å². The molecule has 1 aromatic rings. The number of hydrogen-bond acceptors (Lipinski definition) is 2. The maximum atomic E-state index is 10.5. The van der Waals surface area contributed by atoms with Crippen LogP contribution in [-0.2, 0) is 16.1 Å². The van der Waals surface area contributed by atoms with Gasteiger partial charge in [-0.2, -0.15) is 0 Å². The van der Waals surface area contributed by atoms with Crippen LogP contribution in [0, 0.1) is 5.41 Å². The third-order valence-electron chi connectivity index (χ3n) is 2.89. The summed E-state index contributed by atoms with van der Waals surface area (Å²) in [5.41, 5.74) is 1.32. The molecule has 0 saturated carbocycles. The van der Waals surface area contributed by atoms with Crippen molar-refractivity contribution in [3.05, 3.63) is 35.9 Å². The Labute approximate surface area is 104 Å². The average Bonchev–Trinajstić information content (AvgIpc) is 2.30. The van der Waals surface area contributed by atoms with Crippen LogP contribution in [0.15, 0.2) is 30.3 Å². The lowest BCUT2D eigenvalue weighted by Gasteiger charge is -2.21. The van der Waals surface area contributed by atoms with Crippen molar-refractivity contribution in [3.63, 3.8) is 0 Å². The number of carbonyl (C=O) groups excluding carboxylic acids is 1. The molecule has 0 heterocycles. The van der Waals surface area contributed by atoms with E-state index in [1.807, 2.05) is 18.2 Å². The average molecular weight is 234 g/mol. The standard InChI is InChI=1S/C15H22O2/c1-15(2,10-11-16)9-6-12-17-13-14-7-4-3-5-8-14/h3-5,7-8,11H,6,9-10,12-13H2,1-2H3. The molecule has 2 heteroatoms. The van der Waals surface area contributed by atoms with Gasteiger partial charge in [0.05, 0.1) is 6.61 Å². The van der Waals surface area contributed by atoms with Gasteiger partial charge in [0.2, 0.25) is 0 Å². The molecule has 0 unspecified atom stereocenters. The smallest absolute Gasteiger partial charge is 0.120 e. The monoisotopic (exact) mass is 234 g/mol. The molecule has 0 spiro atoms. The molecule has 0 fully saturated rings. The molecule has 2 nitrogen and oxygen atoms in total. The minimum absolute atomic E-state index is 0.109. The summed E-state index contributed by atoms with van der Waals surface area (Å²) in [4.78, 5) is 10.5. The molecule has 17 heavy (non-hydrogen) atoms. The van der Waals surface area contributed by atoms with E-state index in [0.717, 1.165) is 25.7 Å². The summed E-state index contributed by atoms with van der Waals surface area (Å²) in [6.45, 7) is 5.68. The SMILES string of the molecule is CC(C)(CC=O)CCCOCc1ccccc1. The van der Waals surface area contributed by atoms with Gasteiger partial charge in [0.1, 0.15) is 6.29 Å². The lowest BCUT2D eigenvalue weighted by Crippen LogP contribution is -2.12. The molecule has 0 aromatic heterocycles. The second-order valence-electron chi connectivity index (χ2n) is 5.18. The Morgan fingerprint density at radius 1 is 1.24 bits per heavy atom. The normalized spacial score (nSPS) is 11.4. The van der Waals surface area contributed by atoms with E-state index < -0.39 is 0 Å². The Morgan fingerprint density at radius 2 is 1.94 bits per heavy atom. The molecular formula is C15H22O2. The zero-order chi connectivity index (χ0) is 12.6. The van der Waals surface area contributed by atoms with Gasteiger partial charge in [0.25, 0.3) is 0 Å². The van der Waals surface area contributed by atoms with E-state index in [9.17, 15) is 4.79 Å². The second kappa shape index (κ2) is 7.23. The Balaban J connectivity index is 2.11. The first-order valence-electron chi connectivity index (χ1n) is 6.19. The highest BCUT2D eigenvalue weighted by atomic mass is 16.5. The van der Waals surface area contributed by atoms with Crippen molar-refractivity contribution >= 4 is 6.29 Å². The van der Waals surface area contributed by atoms with Crippen LogP contribution >= 0.6 is 0 Å². The summed E-state index contributed by atoms with van der Waals surface area (Å²) in [6, 6.07) is 10.2. The molecule has 0 radical (unpaired) electrons. The summed E-state index contributed by atoms with van der Waals surface area (Å²) >= 11 is 0. The topological polar surface area (TPSA) is 26.3 Å². The Morgan fingerprint density at radius 3 is 2.59 bits per heavy atom. The van der Waals surface area contributed by atoms with E-state index in [1.165, 1.54) is 5.56 Å². The number of aldehydes is 1. The Bertz CT molecular complexity index is 317. The molecule has 0 N–H and O–H groups in total. The van der Waals surface area contributed by atoms with Gasteiger partial charge >= 0.3 is 0 Å². The van der Waals surface area contributed by atoms with Gasteiger partial charge in [-0.25, -0.2) is 0 Å². The summed E-state index contributed by atoms with van der Waals surface area (Å²) in [5.74, 6) is 0. The first-order chi connectivity index (χ1) is 8.14. The highest BCUT2D eigenvalue weighted by molar-refractivity contribution is 5.50. The van der Waals surface area contributed by atoms with Crippen LogP contribution in [0.25, 0.3) is 0 Å². The number of rotatable bonds is 8. The lowest BCUT2D eigenvalue weighted by molar-refractivity contribution is -0.109. The molecule has 0 atom stereocenters. The number of ether oxygens (including phenoxy) is 1. The highest BCUT2D eigenvalue weighted by Gasteiger charge is 2.16. The van der Waals surface area contributed by atoms with Gasteiger partial charge in [-0.05, 0) is 23.8 Å². The van der Waals surface area contributed by atoms with Crippen molar-refractivity contribution < 1.29 is 9.53 Å². The Hall–Kier alpha value is -1.15. The van der Waals surface area contributed by atoms with Gasteiger partial charge < -0.3 is 9.53 Å². The van der Waals surface area contributed by atoms with E-state index in [-0.39, 0.29) is 5.41 Å². The predicted molar refractivity (Wildman–Crippen MR) is 69.8 cm³/mol. The van der Waals surface area contributed by atoms with Gasteiger partial charge in [-0.15, -0.1) is 0 Å². The second-order valence-corrected chi connectivity index (χ2v) is 5.18. The van der Waals surface area contributed by atoms with Crippen LogP contribution in [0.5, 0.6) is 0 Å². The third-order valence-corrected chi connectivity index (χ3v) is 2.89. The van der Waals surface area contributed by atoms with Gasteiger partial charge in [-0.3, -0.25) is 0 Å². The van der Waals surface area contributed by atoms with E-state index >= 15 is 0 Å². The number of benzene rings is 1. The maximum Gasteiger partial charge on any atom is 0.120 e. The molecule has 0 aliphatic carbocycles. The van der Waals surface area contributed by atoms with Crippen LogP contribution in [0.2, 0.25) is 0 Å². The highest BCUT2D eigenvalue weighted by Crippen LogP contribution is 2.25. The first-order valence-corrected chi connectivity index (χ1v) is 6.19. The van der Waals surface area contributed by atoms with E-state index in [0.29, 0.717) is 13.0 Å². The van der Waals surface area contributed by atoms with Crippen molar-refractivity contribution in [2.24, 2.45) is 5.41 Å². The molecular weight excluding hydrogens is 212 g/mol. The van der Waals surface area contributed by atoms with Gasteiger partial charge in [-0.1, -0.05) is 44.2 Å². The molecule has 0 aliphatic rings. The molecule has 0 bridgehead atoms. The largest absolute Gasteiger partial charge is 0.377 e. The Kier molecular flexibility index (Phi) is 5.92.